The molecule has 0 aromatic rings. The van der Waals surface area contributed by atoms with E-state index >= 15 is 0 Å². The maximum absolute atomic E-state index is 2.19. The van der Waals surface area contributed by atoms with Gasteiger partial charge >= 0.3 is 0 Å². The predicted octanol–water partition coefficient (Wildman–Crippen LogP) is 1.59. The molecule has 1 saturated heterocycles. The molecule has 0 amide bonds. The van der Waals surface area contributed by atoms with Gasteiger partial charge in [0.05, 0.1) is 5.08 Å². The molecule has 29 valence electrons. The smallest absolute Gasteiger partial charge is 0.0712 e. The summed E-state index contributed by atoms with van der Waals surface area (Å²) < 4.78 is 0. The SMILES string of the molecule is [CH]1SCCS1. The van der Waals surface area contributed by atoms with Gasteiger partial charge in [-0.1, -0.05) is 0 Å². The molecular formula is C3H5S2. The first-order chi connectivity index (χ1) is 2.50. The summed E-state index contributed by atoms with van der Waals surface area (Å²) in [5.41, 5.74) is 0. The highest BCUT2D eigenvalue weighted by Crippen LogP contribution is 2.26. The van der Waals surface area contributed by atoms with E-state index < -0.39 is 0 Å². The molecule has 2 heteroatoms. The molecule has 1 aliphatic heterocycles. The second-order valence-electron chi connectivity index (χ2n) is 0.838. The number of rotatable bonds is 0. The average molecular weight is 105 g/mol. The number of hydrogen-bond donors (Lipinski definition) is 0. The molecule has 1 heterocycles. The van der Waals surface area contributed by atoms with Gasteiger partial charge < -0.3 is 0 Å². The zero-order valence-electron chi connectivity index (χ0n) is 2.81. The molecule has 1 radical (unpaired) electrons. The highest BCUT2D eigenvalue weighted by atomic mass is 32.2. The summed E-state index contributed by atoms with van der Waals surface area (Å²) in [5, 5.41) is 2.19. The quantitative estimate of drug-likeness (QED) is 0.459. The number of thioether (sulfide) groups is 2. The van der Waals surface area contributed by atoms with Gasteiger partial charge in [0, 0.05) is 11.5 Å². The second-order valence-corrected chi connectivity index (χ2v) is 3.09. The van der Waals surface area contributed by atoms with Crippen molar-refractivity contribution in [3.8, 4) is 0 Å². The highest BCUT2D eigenvalue weighted by Gasteiger charge is 1.96. The normalized spacial score (nSPS) is 24.0. The van der Waals surface area contributed by atoms with Crippen molar-refractivity contribution in [1.29, 1.82) is 0 Å². The van der Waals surface area contributed by atoms with Crippen molar-refractivity contribution < 1.29 is 0 Å². The largest absolute Gasteiger partial charge is 0.145 e. The summed E-state index contributed by atoms with van der Waals surface area (Å²) in [4.78, 5) is 0. The Balaban J connectivity index is 2.08. The van der Waals surface area contributed by atoms with Crippen LogP contribution in [0.2, 0.25) is 0 Å². The molecule has 0 atom stereocenters. The van der Waals surface area contributed by atoms with Crippen molar-refractivity contribution in [2.24, 2.45) is 0 Å². The van der Waals surface area contributed by atoms with E-state index in [9.17, 15) is 0 Å². The first-order valence-corrected chi connectivity index (χ1v) is 3.65. The van der Waals surface area contributed by atoms with E-state index in [1.807, 2.05) is 23.5 Å². The summed E-state index contributed by atoms with van der Waals surface area (Å²) in [6, 6.07) is 0. The van der Waals surface area contributed by atoms with Gasteiger partial charge in [-0.05, 0) is 0 Å². The van der Waals surface area contributed by atoms with Crippen LogP contribution in [-0.2, 0) is 0 Å². The lowest BCUT2D eigenvalue weighted by atomic mass is 11.0. The number of hydrogen-bond acceptors (Lipinski definition) is 2. The molecular weight excluding hydrogens is 100 g/mol. The molecule has 5 heavy (non-hydrogen) atoms. The first-order valence-electron chi connectivity index (χ1n) is 1.55. The highest BCUT2D eigenvalue weighted by molar-refractivity contribution is 8.22. The molecule has 0 nitrogen and oxygen atoms in total. The van der Waals surface area contributed by atoms with Crippen molar-refractivity contribution in [1.82, 2.24) is 0 Å². The molecule has 0 bridgehead atoms. The van der Waals surface area contributed by atoms with Crippen LogP contribution in [0.3, 0.4) is 0 Å². The maximum Gasteiger partial charge on any atom is 0.0712 e. The molecule has 0 spiro atoms. The Kier molecular flexibility index (Phi) is 1.53. The molecule has 0 N–H and O–H groups in total. The van der Waals surface area contributed by atoms with Gasteiger partial charge in [-0.2, -0.15) is 0 Å². The molecule has 1 aliphatic rings. The monoisotopic (exact) mass is 105 g/mol. The van der Waals surface area contributed by atoms with E-state index in [1.165, 1.54) is 11.5 Å². The van der Waals surface area contributed by atoms with Crippen LogP contribution in [0.1, 0.15) is 0 Å². The second kappa shape index (κ2) is 1.98. The zero-order valence-corrected chi connectivity index (χ0v) is 4.44. The Morgan fingerprint density at radius 3 is 2.00 bits per heavy atom. The minimum absolute atomic E-state index is 1.32. The third-order valence-corrected chi connectivity index (χ3v) is 2.68. The van der Waals surface area contributed by atoms with E-state index in [0.717, 1.165) is 0 Å². The lowest BCUT2D eigenvalue weighted by Gasteiger charge is -1.67. The van der Waals surface area contributed by atoms with Crippen LogP contribution in [0.25, 0.3) is 0 Å². The van der Waals surface area contributed by atoms with Crippen molar-refractivity contribution in [2.45, 2.75) is 0 Å². The Bertz CT molecular complexity index is 16.5. The van der Waals surface area contributed by atoms with E-state index in [1.54, 1.807) is 0 Å². The van der Waals surface area contributed by atoms with Gasteiger partial charge in [-0.15, -0.1) is 23.5 Å². The van der Waals surface area contributed by atoms with Crippen LogP contribution in [0, 0.1) is 5.08 Å². The molecule has 1 rings (SSSR count). The Morgan fingerprint density at radius 1 is 1.20 bits per heavy atom. The van der Waals surface area contributed by atoms with Gasteiger partial charge in [-0.25, -0.2) is 0 Å². The zero-order chi connectivity index (χ0) is 3.54. The van der Waals surface area contributed by atoms with Gasteiger partial charge in [0.2, 0.25) is 0 Å². The van der Waals surface area contributed by atoms with Crippen molar-refractivity contribution in [2.75, 3.05) is 11.5 Å². The predicted molar refractivity (Wildman–Crippen MR) is 29.2 cm³/mol. The molecule has 0 saturated carbocycles. The average Bonchev–Trinajstić information content (AvgIpc) is 1.76. The van der Waals surface area contributed by atoms with Crippen LogP contribution in [-0.4, -0.2) is 11.5 Å². The minimum Gasteiger partial charge on any atom is -0.145 e. The minimum atomic E-state index is 1.32. The summed E-state index contributed by atoms with van der Waals surface area (Å²) in [6.07, 6.45) is 0. The summed E-state index contributed by atoms with van der Waals surface area (Å²) in [6.45, 7) is 0. The molecule has 0 aliphatic carbocycles. The fourth-order valence-corrected chi connectivity index (χ4v) is 2.17. The van der Waals surface area contributed by atoms with Gasteiger partial charge in [-0.3, -0.25) is 0 Å². The van der Waals surface area contributed by atoms with E-state index in [-0.39, 0.29) is 0 Å². The maximum atomic E-state index is 2.19. The van der Waals surface area contributed by atoms with Gasteiger partial charge in [0.15, 0.2) is 0 Å². The van der Waals surface area contributed by atoms with E-state index in [2.05, 4.69) is 5.08 Å². The lowest BCUT2D eigenvalue weighted by molar-refractivity contribution is 1.59. The third kappa shape index (κ3) is 1.05. The summed E-state index contributed by atoms with van der Waals surface area (Å²) >= 11 is 3.82. The summed E-state index contributed by atoms with van der Waals surface area (Å²) in [5.74, 6) is 2.65. The Labute approximate surface area is 40.7 Å². The standard InChI is InChI=1S/C3H5S2/c1-2-5-3-4-1/h3H,1-2H2. The van der Waals surface area contributed by atoms with Crippen molar-refractivity contribution >= 4 is 23.5 Å². The fraction of sp³-hybridized carbons (Fsp3) is 0.667. The van der Waals surface area contributed by atoms with Crippen LogP contribution < -0.4 is 0 Å². The topological polar surface area (TPSA) is 0 Å². The van der Waals surface area contributed by atoms with E-state index in [4.69, 9.17) is 0 Å². The Morgan fingerprint density at radius 2 is 1.80 bits per heavy atom. The fourth-order valence-electron chi connectivity index (χ4n) is 0.241. The van der Waals surface area contributed by atoms with Crippen LogP contribution in [0.4, 0.5) is 0 Å². The van der Waals surface area contributed by atoms with Crippen LogP contribution >= 0.6 is 23.5 Å². The summed E-state index contributed by atoms with van der Waals surface area (Å²) in [7, 11) is 0. The third-order valence-electron chi connectivity index (χ3n) is 0.455. The molecule has 1 fully saturated rings. The Hall–Kier alpha value is 0.700. The van der Waals surface area contributed by atoms with Gasteiger partial charge in [0.1, 0.15) is 0 Å². The molecule has 0 aromatic heterocycles. The van der Waals surface area contributed by atoms with Gasteiger partial charge in [0.25, 0.3) is 0 Å². The van der Waals surface area contributed by atoms with Crippen LogP contribution in [0.15, 0.2) is 0 Å². The molecule has 0 aromatic carbocycles. The van der Waals surface area contributed by atoms with Crippen molar-refractivity contribution in [3.05, 3.63) is 5.08 Å². The first kappa shape index (κ1) is 3.88. The lowest BCUT2D eigenvalue weighted by Crippen LogP contribution is -1.64. The van der Waals surface area contributed by atoms with Crippen LogP contribution in [0.5, 0.6) is 0 Å². The molecule has 0 unspecified atom stereocenters. The van der Waals surface area contributed by atoms with Crippen molar-refractivity contribution in [3.63, 3.8) is 0 Å². The van der Waals surface area contributed by atoms with E-state index in [0.29, 0.717) is 0 Å².